The highest BCUT2D eigenvalue weighted by molar-refractivity contribution is 5.88. The molecular weight excluding hydrogens is 264 g/mol. The Morgan fingerprint density at radius 1 is 0.857 bits per heavy atom. The standard InChI is InChI=1S/C18H30O3/c1-7-9-11-15(13(3)4)17(19)21-18(20)16(14(5)6)12-10-8-2/h7-8,13-16H,1-2,9-12H2,3-6H3. The van der Waals surface area contributed by atoms with Gasteiger partial charge < -0.3 is 4.74 Å². The summed E-state index contributed by atoms with van der Waals surface area (Å²) in [6.07, 6.45) is 6.40. The van der Waals surface area contributed by atoms with E-state index in [2.05, 4.69) is 13.2 Å². The van der Waals surface area contributed by atoms with Gasteiger partial charge in [0, 0.05) is 0 Å². The topological polar surface area (TPSA) is 43.4 Å². The first-order valence-electron chi connectivity index (χ1n) is 7.82. The molecule has 0 aromatic carbocycles. The molecular formula is C18H30O3. The lowest BCUT2D eigenvalue weighted by Crippen LogP contribution is -2.30. The molecule has 0 saturated heterocycles. The second kappa shape index (κ2) is 10.4. The molecule has 0 amide bonds. The van der Waals surface area contributed by atoms with Crippen molar-refractivity contribution in [3.63, 3.8) is 0 Å². The van der Waals surface area contributed by atoms with Crippen molar-refractivity contribution in [2.45, 2.75) is 53.4 Å². The van der Waals surface area contributed by atoms with Crippen molar-refractivity contribution in [2.75, 3.05) is 0 Å². The van der Waals surface area contributed by atoms with Crippen LogP contribution in [0.4, 0.5) is 0 Å². The molecule has 0 aliphatic rings. The van der Waals surface area contributed by atoms with Gasteiger partial charge in [-0.05, 0) is 37.5 Å². The van der Waals surface area contributed by atoms with Crippen molar-refractivity contribution in [1.82, 2.24) is 0 Å². The van der Waals surface area contributed by atoms with Crippen LogP contribution in [0.15, 0.2) is 25.3 Å². The van der Waals surface area contributed by atoms with Gasteiger partial charge >= 0.3 is 11.9 Å². The zero-order valence-electron chi connectivity index (χ0n) is 13.9. The first-order chi connectivity index (χ1) is 9.84. The lowest BCUT2D eigenvalue weighted by Gasteiger charge is -2.22. The molecule has 0 aliphatic heterocycles. The fraction of sp³-hybridized carbons (Fsp3) is 0.667. The molecule has 3 heteroatoms. The zero-order valence-corrected chi connectivity index (χ0v) is 13.9. The largest absolute Gasteiger partial charge is 0.393 e. The molecule has 2 unspecified atom stereocenters. The third-order valence-electron chi connectivity index (χ3n) is 3.78. The minimum atomic E-state index is -0.402. The third kappa shape index (κ3) is 7.26. The highest BCUT2D eigenvalue weighted by Gasteiger charge is 2.29. The van der Waals surface area contributed by atoms with Crippen LogP contribution in [0.2, 0.25) is 0 Å². The number of rotatable bonds is 10. The Balaban J connectivity index is 4.72. The second-order valence-electron chi connectivity index (χ2n) is 6.17. The maximum absolute atomic E-state index is 12.2. The molecule has 120 valence electrons. The van der Waals surface area contributed by atoms with Crippen LogP contribution in [0, 0.1) is 23.7 Å². The van der Waals surface area contributed by atoms with Crippen LogP contribution in [0.5, 0.6) is 0 Å². The number of esters is 2. The molecule has 0 heterocycles. The molecule has 0 aromatic heterocycles. The van der Waals surface area contributed by atoms with Crippen LogP contribution >= 0.6 is 0 Å². The lowest BCUT2D eigenvalue weighted by molar-refractivity contribution is -0.167. The predicted molar refractivity (Wildman–Crippen MR) is 86.6 cm³/mol. The lowest BCUT2D eigenvalue weighted by atomic mass is 9.90. The Kier molecular flexibility index (Phi) is 9.68. The van der Waals surface area contributed by atoms with Crippen molar-refractivity contribution in [3.8, 4) is 0 Å². The third-order valence-corrected chi connectivity index (χ3v) is 3.78. The zero-order chi connectivity index (χ0) is 16.4. The van der Waals surface area contributed by atoms with Crippen LogP contribution in [-0.4, -0.2) is 11.9 Å². The van der Waals surface area contributed by atoms with E-state index in [4.69, 9.17) is 4.74 Å². The molecule has 2 atom stereocenters. The number of carbonyl (C=O) groups is 2. The van der Waals surface area contributed by atoms with E-state index in [-0.39, 0.29) is 23.7 Å². The van der Waals surface area contributed by atoms with Crippen molar-refractivity contribution < 1.29 is 14.3 Å². The molecule has 0 radical (unpaired) electrons. The van der Waals surface area contributed by atoms with Crippen LogP contribution in [-0.2, 0) is 14.3 Å². The summed E-state index contributed by atoms with van der Waals surface area (Å²) in [7, 11) is 0. The van der Waals surface area contributed by atoms with Crippen LogP contribution < -0.4 is 0 Å². The van der Waals surface area contributed by atoms with Gasteiger partial charge in [0.25, 0.3) is 0 Å². The van der Waals surface area contributed by atoms with Crippen LogP contribution in [0.25, 0.3) is 0 Å². The van der Waals surface area contributed by atoms with E-state index in [0.717, 1.165) is 12.8 Å². The summed E-state index contributed by atoms with van der Waals surface area (Å²) in [5, 5.41) is 0. The van der Waals surface area contributed by atoms with Gasteiger partial charge in [-0.2, -0.15) is 0 Å². The summed E-state index contributed by atoms with van der Waals surface area (Å²) in [6, 6.07) is 0. The Hall–Kier alpha value is -1.38. The van der Waals surface area contributed by atoms with Crippen LogP contribution in [0.1, 0.15) is 53.4 Å². The summed E-state index contributed by atoms with van der Waals surface area (Å²) >= 11 is 0. The number of carbonyl (C=O) groups excluding carboxylic acids is 2. The molecule has 0 fully saturated rings. The van der Waals surface area contributed by atoms with E-state index in [1.165, 1.54) is 0 Å². The molecule has 0 N–H and O–H groups in total. The van der Waals surface area contributed by atoms with Crippen molar-refractivity contribution in [2.24, 2.45) is 23.7 Å². The van der Waals surface area contributed by atoms with Crippen molar-refractivity contribution >= 4 is 11.9 Å². The molecule has 0 aliphatic carbocycles. The van der Waals surface area contributed by atoms with Gasteiger partial charge in [-0.1, -0.05) is 39.8 Å². The first kappa shape index (κ1) is 19.6. The maximum atomic E-state index is 12.2. The summed E-state index contributed by atoms with van der Waals surface area (Å²) in [6.45, 7) is 15.2. The number of allylic oxidation sites excluding steroid dienone is 2. The number of ether oxygens (including phenoxy) is 1. The fourth-order valence-corrected chi connectivity index (χ4v) is 2.29. The summed E-state index contributed by atoms with van der Waals surface area (Å²) < 4.78 is 5.14. The fourth-order valence-electron chi connectivity index (χ4n) is 2.29. The van der Waals surface area contributed by atoms with E-state index in [1.54, 1.807) is 12.2 Å². The Bertz CT molecular complexity index is 321. The smallest absolute Gasteiger partial charge is 0.316 e. The first-order valence-corrected chi connectivity index (χ1v) is 7.82. The molecule has 3 nitrogen and oxygen atoms in total. The van der Waals surface area contributed by atoms with E-state index in [0.29, 0.717) is 12.8 Å². The van der Waals surface area contributed by atoms with Crippen LogP contribution in [0.3, 0.4) is 0 Å². The number of hydrogen-bond acceptors (Lipinski definition) is 3. The minimum Gasteiger partial charge on any atom is -0.393 e. The molecule has 21 heavy (non-hydrogen) atoms. The van der Waals surface area contributed by atoms with Gasteiger partial charge in [-0.3, -0.25) is 9.59 Å². The summed E-state index contributed by atoms with van der Waals surface area (Å²) in [4.78, 5) is 24.4. The van der Waals surface area contributed by atoms with Gasteiger partial charge in [0.15, 0.2) is 0 Å². The van der Waals surface area contributed by atoms with Gasteiger partial charge in [-0.15, -0.1) is 13.2 Å². The van der Waals surface area contributed by atoms with Crippen molar-refractivity contribution in [3.05, 3.63) is 25.3 Å². The Labute approximate surface area is 129 Å². The molecule has 0 spiro atoms. The van der Waals surface area contributed by atoms with Gasteiger partial charge in [0.05, 0.1) is 11.8 Å². The monoisotopic (exact) mass is 294 g/mol. The van der Waals surface area contributed by atoms with Crippen molar-refractivity contribution in [1.29, 1.82) is 0 Å². The molecule has 0 bridgehead atoms. The number of hydrogen-bond donors (Lipinski definition) is 0. The summed E-state index contributed by atoms with van der Waals surface area (Å²) in [5.41, 5.74) is 0. The van der Waals surface area contributed by atoms with E-state index < -0.39 is 11.9 Å². The molecule has 0 rings (SSSR count). The van der Waals surface area contributed by atoms with E-state index in [9.17, 15) is 9.59 Å². The predicted octanol–water partition coefficient (Wildman–Crippen LogP) is 4.53. The molecule has 0 aromatic rings. The molecule has 0 saturated carbocycles. The van der Waals surface area contributed by atoms with Gasteiger partial charge in [-0.25, -0.2) is 0 Å². The SMILES string of the molecule is C=CCCC(C(=O)OC(=O)C(CCC=C)C(C)C)C(C)C. The maximum Gasteiger partial charge on any atom is 0.316 e. The highest BCUT2D eigenvalue weighted by atomic mass is 16.6. The van der Waals surface area contributed by atoms with E-state index in [1.807, 2.05) is 27.7 Å². The average Bonchev–Trinajstić information content (AvgIpc) is 2.38. The second-order valence-corrected chi connectivity index (χ2v) is 6.17. The normalized spacial score (nSPS) is 13.8. The highest BCUT2D eigenvalue weighted by Crippen LogP contribution is 2.23. The summed E-state index contributed by atoms with van der Waals surface area (Å²) in [5.74, 6) is -1.01. The van der Waals surface area contributed by atoms with Gasteiger partial charge in [0.1, 0.15) is 0 Å². The quantitative estimate of drug-likeness (QED) is 0.338. The average molecular weight is 294 g/mol. The minimum absolute atomic E-state index is 0.149. The van der Waals surface area contributed by atoms with Gasteiger partial charge in [0.2, 0.25) is 0 Å². The Morgan fingerprint density at radius 2 is 1.19 bits per heavy atom. The Morgan fingerprint density at radius 3 is 1.43 bits per heavy atom. The van der Waals surface area contributed by atoms with E-state index >= 15 is 0 Å².